The quantitative estimate of drug-likeness (QED) is 0.301. The summed E-state index contributed by atoms with van der Waals surface area (Å²) in [7, 11) is 0. The molecule has 188 valence electrons. The third-order valence-electron chi connectivity index (χ3n) is 6.58. The van der Waals surface area contributed by atoms with Gasteiger partial charge in [0.05, 0.1) is 23.8 Å². The number of aromatic nitrogens is 2. The van der Waals surface area contributed by atoms with Crippen LogP contribution in [-0.2, 0) is 13.1 Å². The lowest BCUT2D eigenvalue weighted by Crippen LogP contribution is -2.50. The Morgan fingerprint density at radius 2 is 1.38 bits per heavy atom. The van der Waals surface area contributed by atoms with Gasteiger partial charge in [-0.05, 0) is 42.0 Å². The van der Waals surface area contributed by atoms with Crippen molar-refractivity contribution in [2.75, 3.05) is 26.2 Å². The van der Waals surface area contributed by atoms with Crippen molar-refractivity contribution in [2.24, 2.45) is 0 Å². The van der Waals surface area contributed by atoms with Crippen LogP contribution in [0.15, 0.2) is 93.6 Å². The Morgan fingerprint density at radius 3 is 1.97 bits per heavy atom. The zero-order valence-electron chi connectivity index (χ0n) is 20.2. The molecule has 0 aliphatic carbocycles. The highest BCUT2D eigenvalue weighted by atomic mass is 16.3. The number of benzene rings is 2. The summed E-state index contributed by atoms with van der Waals surface area (Å²) in [4.78, 5) is 54.5. The van der Waals surface area contributed by atoms with E-state index in [1.165, 1.54) is 15.4 Å². The molecule has 37 heavy (non-hydrogen) atoms. The van der Waals surface area contributed by atoms with Crippen LogP contribution in [0.2, 0.25) is 0 Å². The Bertz CT molecular complexity index is 1570. The number of furan rings is 1. The van der Waals surface area contributed by atoms with Gasteiger partial charge in [0.25, 0.3) is 11.8 Å². The van der Waals surface area contributed by atoms with Gasteiger partial charge in [0.2, 0.25) is 0 Å². The van der Waals surface area contributed by atoms with Gasteiger partial charge in [-0.1, -0.05) is 30.3 Å². The molecule has 3 heterocycles. The molecule has 9 nitrogen and oxygen atoms in total. The monoisotopic (exact) mass is 498 g/mol. The second-order valence-electron chi connectivity index (χ2n) is 8.84. The van der Waals surface area contributed by atoms with E-state index in [4.69, 9.17) is 4.42 Å². The smallest absolute Gasteiger partial charge is 0.317 e. The second-order valence-corrected chi connectivity index (χ2v) is 8.84. The zero-order chi connectivity index (χ0) is 25.9. The van der Waals surface area contributed by atoms with Gasteiger partial charge in [-0.2, -0.15) is 0 Å². The molecule has 0 radical (unpaired) electrons. The number of nitrogens with zero attached hydrogens (tertiary/aromatic N) is 4. The molecular formula is C28H26N4O5. The number of piperazine rings is 1. The molecule has 0 spiro atoms. The van der Waals surface area contributed by atoms with Crippen LogP contribution < -0.4 is 11.1 Å². The summed E-state index contributed by atoms with van der Waals surface area (Å²) in [5.74, 6) is -0.00652. The van der Waals surface area contributed by atoms with Crippen molar-refractivity contribution >= 4 is 22.8 Å². The minimum atomic E-state index is -0.609. The van der Waals surface area contributed by atoms with Crippen LogP contribution in [0, 0.1) is 0 Å². The van der Waals surface area contributed by atoms with Crippen LogP contribution in [0.3, 0.4) is 0 Å². The molecular weight excluding hydrogens is 472 g/mol. The fourth-order valence-electron chi connectivity index (χ4n) is 4.62. The van der Waals surface area contributed by atoms with Crippen LogP contribution in [-0.4, -0.2) is 56.9 Å². The molecule has 1 saturated heterocycles. The molecule has 1 aliphatic heterocycles. The summed E-state index contributed by atoms with van der Waals surface area (Å²) in [6, 6.07) is 17.6. The molecule has 1 fully saturated rings. The Hall–Kier alpha value is -4.66. The number of hydrogen-bond donors (Lipinski definition) is 0. The lowest BCUT2D eigenvalue weighted by atomic mass is 10.1. The lowest BCUT2D eigenvalue weighted by Gasteiger charge is -2.34. The number of carbonyl (C=O) groups is 2. The van der Waals surface area contributed by atoms with Crippen LogP contribution in [0.4, 0.5) is 0 Å². The summed E-state index contributed by atoms with van der Waals surface area (Å²) in [6.07, 6.45) is 3.05. The van der Waals surface area contributed by atoms with E-state index in [0.29, 0.717) is 48.5 Å². The van der Waals surface area contributed by atoms with E-state index in [0.717, 1.165) is 5.56 Å². The highest BCUT2D eigenvalue weighted by Crippen LogP contribution is 2.15. The molecule has 5 rings (SSSR count). The number of carbonyl (C=O) groups excluding carboxylic acids is 2. The minimum Gasteiger partial charge on any atom is -0.459 e. The van der Waals surface area contributed by atoms with Gasteiger partial charge < -0.3 is 14.2 Å². The lowest BCUT2D eigenvalue weighted by molar-refractivity contribution is 0.0518. The third-order valence-corrected chi connectivity index (χ3v) is 6.58. The number of allylic oxidation sites excluding steroid dienone is 1. The highest BCUT2D eigenvalue weighted by Gasteiger charge is 2.26. The average Bonchev–Trinajstić information content (AvgIpc) is 3.48. The van der Waals surface area contributed by atoms with Gasteiger partial charge in [-0.25, -0.2) is 0 Å². The van der Waals surface area contributed by atoms with Crippen molar-refractivity contribution in [3.8, 4) is 0 Å². The maximum Gasteiger partial charge on any atom is 0.317 e. The van der Waals surface area contributed by atoms with Crippen molar-refractivity contribution in [1.29, 1.82) is 0 Å². The number of fused-ring (bicyclic) bond motifs is 1. The molecule has 9 heteroatoms. The third kappa shape index (κ3) is 4.63. The Balaban J connectivity index is 1.30. The standard InChI is InChI=1S/C28H26N4O5/c1-2-13-31-22-6-3-4-7-23(22)32(28(36)27(31)35)19-20-9-11-21(12-10-20)25(33)29-14-16-30(17-15-29)26(34)24-8-5-18-37-24/h2-12,18H,1,13-17,19H2. The molecule has 0 unspecified atom stereocenters. The highest BCUT2D eigenvalue weighted by molar-refractivity contribution is 5.95. The second kappa shape index (κ2) is 10.1. The Morgan fingerprint density at radius 1 is 0.784 bits per heavy atom. The van der Waals surface area contributed by atoms with Crippen molar-refractivity contribution < 1.29 is 14.0 Å². The van der Waals surface area contributed by atoms with E-state index in [-0.39, 0.29) is 24.9 Å². The van der Waals surface area contributed by atoms with E-state index in [1.807, 2.05) is 18.2 Å². The van der Waals surface area contributed by atoms with Crippen LogP contribution >= 0.6 is 0 Å². The molecule has 2 aromatic carbocycles. The maximum atomic E-state index is 13.0. The fraction of sp³-hybridized carbons (Fsp3) is 0.214. The molecule has 2 amide bonds. The molecule has 0 atom stereocenters. The van der Waals surface area contributed by atoms with E-state index in [2.05, 4.69) is 6.58 Å². The molecule has 0 bridgehead atoms. The molecule has 4 aromatic rings. The van der Waals surface area contributed by atoms with Gasteiger partial charge in [0.15, 0.2) is 5.76 Å². The van der Waals surface area contributed by atoms with E-state index >= 15 is 0 Å². The predicted molar refractivity (Wildman–Crippen MR) is 139 cm³/mol. The minimum absolute atomic E-state index is 0.119. The molecule has 0 saturated carbocycles. The van der Waals surface area contributed by atoms with Gasteiger partial charge in [-0.3, -0.25) is 28.3 Å². The normalized spacial score (nSPS) is 13.6. The average molecular weight is 499 g/mol. The number of amides is 2. The van der Waals surface area contributed by atoms with Gasteiger partial charge in [0.1, 0.15) is 0 Å². The van der Waals surface area contributed by atoms with Gasteiger partial charge >= 0.3 is 11.1 Å². The first-order chi connectivity index (χ1) is 18.0. The van der Waals surface area contributed by atoms with E-state index < -0.39 is 11.1 Å². The summed E-state index contributed by atoms with van der Waals surface area (Å²) in [5, 5.41) is 0. The van der Waals surface area contributed by atoms with E-state index in [1.54, 1.807) is 58.3 Å². The summed E-state index contributed by atoms with van der Waals surface area (Å²) >= 11 is 0. The first kappa shape index (κ1) is 24.1. The van der Waals surface area contributed by atoms with Crippen molar-refractivity contribution in [3.63, 3.8) is 0 Å². The topological polar surface area (TPSA) is 97.8 Å². The zero-order valence-corrected chi connectivity index (χ0v) is 20.2. The molecule has 2 aromatic heterocycles. The number of para-hydroxylation sites is 2. The Kier molecular flexibility index (Phi) is 6.59. The van der Waals surface area contributed by atoms with Crippen molar-refractivity contribution in [2.45, 2.75) is 13.1 Å². The number of hydrogen-bond acceptors (Lipinski definition) is 5. The first-order valence-corrected chi connectivity index (χ1v) is 12.0. The molecule has 1 aliphatic rings. The summed E-state index contributed by atoms with van der Waals surface area (Å²) < 4.78 is 8.07. The summed E-state index contributed by atoms with van der Waals surface area (Å²) in [6.45, 7) is 5.84. The first-order valence-electron chi connectivity index (χ1n) is 12.0. The maximum absolute atomic E-state index is 13.0. The van der Waals surface area contributed by atoms with E-state index in [9.17, 15) is 19.2 Å². The van der Waals surface area contributed by atoms with Gasteiger partial charge in [-0.15, -0.1) is 6.58 Å². The van der Waals surface area contributed by atoms with Crippen LogP contribution in [0.25, 0.3) is 11.0 Å². The number of rotatable bonds is 6. The largest absolute Gasteiger partial charge is 0.459 e. The SMILES string of the molecule is C=CCn1c(=O)c(=O)n(Cc2ccc(C(=O)N3CCN(C(=O)c4ccco4)CC3)cc2)c2ccccc21. The predicted octanol–water partition coefficient (Wildman–Crippen LogP) is 2.59. The van der Waals surface area contributed by atoms with Crippen molar-refractivity contribution in [1.82, 2.24) is 18.9 Å². The Labute approximate surface area is 212 Å². The van der Waals surface area contributed by atoms with Crippen LogP contribution in [0.5, 0.6) is 0 Å². The fourth-order valence-corrected chi connectivity index (χ4v) is 4.62. The van der Waals surface area contributed by atoms with Crippen LogP contribution in [0.1, 0.15) is 26.5 Å². The summed E-state index contributed by atoms with van der Waals surface area (Å²) in [5.41, 5.74) is 1.41. The van der Waals surface area contributed by atoms with Gasteiger partial charge in [0, 0.05) is 38.3 Å². The van der Waals surface area contributed by atoms with Crippen molar-refractivity contribution in [3.05, 3.63) is 117 Å². The molecule has 0 N–H and O–H groups in total.